The first-order chi connectivity index (χ1) is 14.1. The number of rotatable bonds is 10. The number of benzene rings is 1. The van der Waals surface area contributed by atoms with Gasteiger partial charge in [0, 0.05) is 23.5 Å². The molecule has 1 aromatic heterocycles. The number of fused-ring (bicyclic) bond motifs is 1. The SMILES string of the molecule is CC(C)C[C@H](N)C(=O)N[C@H](C(=O)N[C@@H](Cc1c[nH]c2ccccc12)C(=O)O)[C@@H](C)O. The number of carbonyl (C=O) groups excluding carboxylic acids is 2. The van der Waals surface area contributed by atoms with E-state index in [1.807, 2.05) is 38.1 Å². The minimum atomic E-state index is -1.32. The van der Waals surface area contributed by atoms with Crippen molar-refractivity contribution in [1.29, 1.82) is 0 Å². The minimum Gasteiger partial charge on any atom is -0.480 e. The number of carbonyl (C=O) groups is 3. The first kappa shape index (κ1) is 23.4. The highest BCUT2D eigenvalue weighted by Crippen LogP contribution is 2.19. The molecule has 1 aromatic carbocycles. The van der Waals surface area contributed by atoms with Gasteiger partial charge in [0.2, 0.25) is 11.8 Å². The lowest BCUT2D eigenvalue weighted by Gasteiger charge is -2.25. The molecule has 0 aliphatic carbocycles. The summed E-state index contributed by atoms with van der Waals surface area (Å²) >= 11 is 0. The number of aliphatic carboxylic acids is 1. The van der Waals surface area contributed by atoms with Crippen LogP contribution >= 0.6 is 0 Å². The molecule has 0 unspecified atom stereocenters. The Hall–Kier alpha value is -2.91. The number of nitrogens with one attached hydrogen (secondary N) is 3. The summed E-state index contributed by atoms with van der Waals surface area (Å²) in [6.07, 6.45) is 0.922. The quantitative estimate of drug-likeness (QED) is 0.330. The van der Waals surface area contributed by atoms with Crippen LogP contribution in [0.1, 0.15) is 32.8 Å². The Kier molecular flexibility index (Phi) is 7.96. The average Bonchev–Trinajstić information content (AvgIpc) is 3.07. The third-order valence-electron chi connectivity index (χ3n) is 4.84. The number of aromatic nitrogens is 1. The van der Waals surface area contributed by atoms with Crippen LogP contribution < -0.4 is 16.4 Å². The molecular formula is C21H30N4O5. The zero-order valence-corrected chi connectivity index (χ0v) is 17.4. The van der Waals surface area contributed by atoms with Crippen molar-refractivity contribution in [2.45, 2.75) is 57.8 Å². The molecule has 0 bridgehead atoms. The zero-order chi connectivity index (χ0) is 22.4. The van der Waals surface area contributed by atoms with Crippen LogP contribution in [0.4, 0.5) is 0 Å². The van der Waals surface area contributed by atoms with Crippen LogP contribution in [0.15, 0.2) is 30.5 Å². The number of H-pyrrole nitrogens is 1. The molecule has 0 fully saturated rings. The third-order valence-corrected chi connectivity index (χ3v) is 4.84. The van der Waals surface area contributed by atoms with Crippen molar-refractivity contribution >= 4 is 28.7 Å². The maximum absolute atomic E-state index is 12.7. The first-order valence-electron chi connectivity index (χ1n) is 9.92. The Balaban J connectivity index is 2.11. The number of amides is 2. The maximum Gasteiger partial charge on any atom is 0.326 e. The molecule has 7 N–H and O–H groups in total. The molecule has 0 spiro atoms. The van der Waals surface area contributed by atoms with E-state index in [0.29, 0.717) is 6.42 Å². The lowest BCUT2D eigenvalue weighted by atomic mass is 10.0. The highest BCUT2D eigenvalue weighted by Gasteiger charge is 2.31. The molecule has 2 rings (SSSR count). The fraction of sp³-hybridized carbons (Fsp3) is 0.476. The second-order valence-corrected chi connectivity index (χ2v) is 7.93. The summed E-state index contributed by atoms with van der Waals surface area (Å²) in [4.78, 5) is 39.8. The number of aromatic amines is 1. The normalized spacial score (nSPS) is 15.4. The van der Waals surface area contributed by atoms with E-state index in [-0.39, 0.29) is 12.3 Å². The van der Waals surface area contributed by atoms with Gasteiger partial charge in [-0.2, -0.15) is 0 Å². The molecule has 0 saturated carbocycles. The predicted molar refractivity (Wildman–Crippen MR) is 113 cm³/mol. The van der Waals surface area contributed by atoms with Crippen LogP contribution in [0, 0.1) is 5.92 Å². The fourth-order valence-corrected chi connectivity index (χ4v) is 3.26. The molecule has 9 nitrogen and oxygen atoms in total. The van der Waals surface area contributed by atoms with E-state index in [4.69, 9.17) is 5.73 Å². The van der Waals surface area contributed by atoms with E-state index in [2.05, 4.69) is 15.6 Å². The molecule has 30 heavy (non-hydrogen) atoms. The van der Waals surface area contributed by atoms with Crippen molar-refractivity contribution < 1.29 is 24.6 Å². The second-order valence-electron chi connectivity index (χ2n) is 7.93. The molecular weight excluding hydrogens is 388 g/mol. The summed E-state index contributed by atoms with van der Waals surface area (Å²) in [7, 11) is 0. The molecule has 2 aromatic rings. The number of aliphatic hydroxyl groups is 1. The minimum absolute atomic E-state index is 0.0401. The number of nitrogens with two attached hydrogens (primary N) is 1. The van der Waals surface area contributed by atoms with Crippen molar-refractivity contribution in [3.8, 4) is 0 Å². The van der Waals surface area contributed by atoms with Gasteiger partial charge in [-0.25, -0.2) is 4.79 Å². The van der Waals surface area contributed by atoms with E-state index in [0.717, 1.165) is 16.5 Å². The fourth-order valence-electron chi connectivity index (χ4n) is 3.26. The van der Waals surface area contributed by atoms with E-state index in [1.165, 1.54) is 6.92 Å². The Morgan fingerprint density at radius 2 is 1.77 bits per heavy atom. The van der Waals surface area contributed by atoms with Crippen molar-refractivity contribution in [3.63, 3.8) is 0 Å². The molecule has 0 aliphatic heterocycles. The van der Waals surface area contributed by atoms with Gasteiger partial charge in [-0.1, -0.05) is 32.0 Å². The Bertz CT molecular complexity index is 892. The van der Waals surface area contributed by atoms with Crippen LogP contribution in [-0.2, 0) is 20.8 Å². The van der Waals surface area contributed by atoms with E-state index in [1.54, 1.807) is 6.20 Å². The number of aliphatic hydroxyl groups excluding tert-OH is 1. The predicted octanol–water partition coefficient (Wildman–Crippen LogP) is 0.519. The van der Waals surface area contributed by atoms with Gasteiger partial charge in [0.05, 0.1) is 12.1 Å². The number of carboxylic acids is 1. The van der Waals surface area contributed by atoms with Crippen LogP contribution in [0.2, 0.25) is 0 Å². The highest BCUT2D eigenvalue weighted by molar-refractivity contribution is 5.92. The maximum atomic E-state index is 12.7. The van der Waals surface area contributed by atoms with E-state index < -0.39 is 42.0 Å². The standard InChI is InChI=1S/C21H30N4O5/c1-11(2)8-15(22)19(27)25-18(12(3)26)20(28)24-17(21(29)30)9-13-10-23-16-7-5-4-6-14(13)16/h4-7,10-12,15,17-18,23,26H,8-9,22H2,1-3H3,(H,24,28)(H,25,27)(H,29,30)/t12-,15+,17+,18+/m1/s1. The topological polar surface area (TPSA) is 158 Å². The van der Waals surface area contributed by atoms with Crippen LogP contribution in [0.3, 0.4) is 0 Å². The second kappa shape index (κ2) is 10.2. The molecule has 4 atom stereocenters. The monoisotopic (exact) mass is 418 g/mol. The number of carboxylic acid groups (broad SMARTS) is 1. The summed E-state index contributed by atoms with van der Waals surface area (Å²) in [6.45, 7) is 5.16. The molecule has 9 heteroatoms. The Labute approximate surface area is 175 Å². The number of para-hydroxylation sites is 1. The van der Waals surface area contributed by atoms with Gasteiger partial charge in [0.1, 0.15) is 12.1 Å². The molecule has 0 saturated heterocycles. The van der Waals surface area contributed by atoms with Gasteiger partial charge in [-0.05, 0) is 30.9 Å². The van der Waals surface area contributed by atoms with Gasteiger partial charge >= 0.3 is 5.97 Å². The van der Waals surface area contributed by atoms with Crippen LogP contribution in [0.25, 0.3) is 10.9 Å². The lowest BCUT2D eigenvalue weighted by Crippen LogP contribution is -2.58. The van der Waals surface area contributed by atoms with Gasteiger partial charge in [0.25, 0.3) is 0 Å². The van der Waals surface area contributed by atoms with Crippen molar-refractivity contribution in [2.24, 2.45) is 11.7 Å². The number of hydrogen-bond acceptors (Lipinski definition) is 5. The van der Waals surface area contributed by atoms with E-state index >= 15 is 0 Å². The molecule has 2 amide bonds. The summed E-state index contributed by atoms with van der Waals surface area (Å²) in [5.74, 6) is -2.41. The van der Waals surface area contributed by atoms with Crippen LogP contribution in [-0.4, -0.2) is 57.2 Å². The summed E-state index contributed by atoms with van der Waals surface area (Å²) in [5.41, 5.74) is 7.43. The van der Waals surface area contributed by atoms with Crippen molar-refractivity contribution in [3.05, 3.63) is 36.0 Å². The van der Waals surface area contributed by atoms with Gasteiger partial charge < -0.3 is 31.6 Å². The Morgan fingerprint density at radius 3 is 2.37 bits per heavy atom. The highest BCUT2D eigenvalue weighted by atomic mass is 16.4. The largest absolute Gasteiger partial charge is 0.480 e. The van der Waals surface area contributed by atoms with Crippen molar-refractivity contribution in [2.75, 3.05) is 0 Å². The smallest absolute Gasteiger partial charge is 0.326 e. The number of hydrogen-bond donors (Lipinski definition) is 6. The van der Waals surface area contributed by atoms with E-state index in [9.17, 15) is 24.6 Å². The van der Waals surface area contributed by atoms with Crippen LogP contribution in [0.5, 0.6) is 0 Å². The average molecular weight is 418 g/mol. The first-order valence-corrected chi connectivity index (χ1v) is 9.92. The molecule has 0 radical (unpaired) electrons. The van der Waals surface area contributed by atoms with Gasteiger partial charge in [0.15, 0.2) is 0 Å². The third kappa shape index (κ3) is 6.04. The summed E-state index contributed by atoms with van der Waals surface area (Å²) < 4.78 is 0. The van der Waals surface area contributed by atoms with Gasteiger partial charge in [-0.3, -0.25) is 9.59 Å². The zero-order valence-electron chi connectivity index (χ0n) is 17.4. The van der Waals surface area contributed by atoms with Crippen molar-refractivity contribution in [1.82, 2.24) is 15.6 Å². The lowest BCUT2D eigenvalue weighted by molar-refractivity contribution is -0.142. The molecule has 1 heterocycles. The summed E-state index contributed by atoms with van der Waals surface area (Å²) in [5, 5.41) is 25.3. The molecule has 164 valence electrons. The van der Waals surface area contributed by atoms with Gasteiger partial charge in [-0.15, -0.1) is 0 Å². The molecule has 0 aliphatic rings. The Morgan fingerprint density at radius 1 is 1.10 bits per heavy atom. The summed E-state index contributed by atoms with van der Waals surface area (Å²) in [6, 6.07) is 4.04.